The van der Waals surface area contributed by atoms with Gasteiger partial charge >= 0.3 is 6.18 Å². The number of benzene rings is 1. The van der Waals surface area contributed by atoms with Crippen molar-refractivity contribution < 1.29 is 18.0 Å². The number of halogens is 3. The van der Waals surface area contributed by atoms with Crippen molar-refractivity contribution in [2.45, 2.75) is 25.1 Å². The number of hydrogen-bond donors (Lipinski definition) is 2. The van der Waals surface area contributed by atoms with Crippen LogP contribution in [-0.4, -0.2) is 19.5 Å². The molecule has 1 unspecified atom stereocenters. The average molecular weight is 286 g/mol. The molecule has 0 aromatic heterocycles. The van der Waals surface area contributed by atoms with Gasteiger partial charge in [-0.2, -0.15) is 13.2 Å². The zero-order valence-electron chi connectivity index (χ0n) is 11.1. The maximum absolute atomic E-state index is 12.7. The maximum Gasteiger partial charge on any atom is 0.416 e. The molecule has 1 aromatic rings. The van der Waals surface area contributed by atoms with Crippen molar-refractivity contribution >= 4 is 5.91 Å². The number of alkyl halides is 3. The summed E-state index contributed by atoms with van der Waals surface area (Å²) in [6.45, 7) is 0.155. The normalized spacial score (nSPS) is 16.8. The molecule has 0 aliphatic heterocycles. The minimum atomic E-state index is -4.36. The highest BCUT2D eigenvalue weighted by Crippen LogP contribution is 2.42. The summed E-state index contributed by atoms with van der Waals surface area (Å²) in [7, 11) is 1.65. The van der Waals surface area contributed by atoms with Gasteiger partial charge in [-0.1, -0.05) is 12.1 Å². The van der Waals surface area contributed by atoms with Crippen molar-refractivity contribution in [2.24, 2.45) is 5.92 Å². The van der Waals surface area contributed by atoms with E-state index in [2.05, 4.69) is 10.6 Å². The highest BCUT2D eigenvalue weighted by atomic mass is 19.4. The number of likely N-dealkylation sites (N-methyl/N-ethyl adjacent to an activating group) is 1. The van der Waals surface area contributed by atoms with Crippen LogP contribution in [0.5, 0.6) is 0 Å². The van der Waals surface area contributed by atoms with Crippen LogP contribution in [0.15, 0.2) is 24.3 Å². The monoisotopic (exact) mass is 286 g/mol. The molecule has 0 spiro atoms. The van der Waals surface area contributed by atoms with Crippen LogP contribution < -0.4 is 10.6 Å². The van der Waals surface area contributed by atoms with Crippen LogP contribution in [0.1, 0.15) is 30.0 Å². The summed E-state index contributed by atoms with van der Waals surface area (Å²) in [5.74, 6) is 0.0288. The van der Waals surface area contributed by atoms with Gasteiger partial charge in [0.2, 0.25) is 5.91 Å². The van der Waals surface area contributed by atoms with Crippen molar-refractivity contribution in [3.8, 4) is 0 Å². The van der Waals surface area contributed by atoms with E-state index in [1.165, 1.54) is 6.07 Å². The second-order valence-electron chi connectivity index (χ2n) is 5.04. The Hall–Kier alpha value is -1.56. The van der Waals surface area contributed by atoms with Gasteiger partial charge in [0, 0.05) is 0 Å². The molecule has 1 aliphatic rings. The Morgan fingerprint density at radius 3 is 2.65 bits per heavy atom. The Morgan fingerprint density at radius 1 is 1.40 bits per heavy atom. The van der Waals surface area contributed by atoms with E-state index in [1.54, 1.807) is 13.1 Å². The van der Waals surface area contributed by atoms with Crippen molar-refractivity contribution in [3.05, 3.63) is 35.4 Å². The molecule has 3 nitrogen and oxygen atoms in total. The van der Waals surface area contributed by atoms with Gasteiger partial charge in [-0.25, -0.2) is 0 Å². The molecule has 0 saturated heterocycles. The molecular weight excluding hydrogens is 269 g/mol. The lowest BCUT2D eigenvalue weighted by Gasteiger charge is -2.20. The Morgan fingerprint density at radius 2 is 2.10 bits per heavy atom. The predicted molar refractivity (Wildman–Crippen MR) is 69.0 cm³/mol. The number of carbonyl (C=O) groups is 1. The lowest BCUT2D eigenvalue weighted by molar-refractivity contribution is -0.137. The van der Waals surface area contributed by atoms with Crippen LogP contribution >= 0.6 is 0 Å². The highest BCUT2D eigenvalue weighted by molar-refractivity contribution is 5.78. The van der Waals surface area contributed by atoms with Crippen molar-refractivity contribution in [1.29, 1.82) is 0 Å². The topological polar surface area (TPSA) is 41.1 Å². The van der Waals surface area contributed by atoms with Crippen LogP contribution in [-0.2, 0) is 11.0 Å². The van der Waals surface area contributed by atoms with Crippen molar-refractivity contribution in [1.82, 2.24) is 10.6 Å². The first-order valence-corrected chi connectivity index (χ1v) is 6.53. The Bertz CT molecular complexity index is 484. The maximum atomic E-state index is 12.7. The summed E-state index contributed by atoms with van der Waals surface area (Å²) in [5.41, 5.74) is -0.157. The second kappa shape index (κ2) is 5.83. The lowest BCUT2D eigenvalue weighted by atomic mass is 10.00. The van der Waals surface area contributed by atoms with Gasteiger partial charge in [0.25, 0.3) is 0 Å². The number of nitrogens with one attached hydrogen (secondary N) is 2. The van der Waals surface area contributed by atoms with E-state index in [0.29, 0.717) is 5.56 Å². The molecule has 6 heteroatoms. The first kappa shape index (κ1) is 14.8. The first-order chi connectivity index (χ1) is 9.41. The molecular formula is C14H17F3N2O. The van der Waals surface area contributed by atoms with Gasteiger partial charge in [-0.15, -0.1) is 0 Å². The van der Waals surface area contributed by atoms with Crippen LogP contribution in [0.4, 0.5) is 13.2 Å². The molecule has 0 bridgehead atoms. The number of rotatable bonds is 5. The van der Waals surface area contributed by atoms with E-state index in [9.17, 15) is 18.0 Å². The molecule has 0 heterocycles. The van der Waals surface area contributed by atoms with E-state index in [0.717, 1.165) is 25.0 Å². The summed E-state index contributed by atoms with van der Waals surface area (Å²) >= 11 is 0. The van der Waals surface area contributed by atoms with Crippen molar-refractivity contribution in [3.63, 3.8) is 0 Å². The fourth-order valence-electron chi connectivity index (χ4n) is 2.20. The van der Waals surface area contributed by atoms with E-state index in [4.69, 9.17) is 0 Å². The third-order valence-electron chi connectivity index (χ3n) is 3.32. The fraction of sp³-hybridized carbons (Fsp3) is 0.500. The fourth-order valence-corrected chi connectivity index (χ4v) is 2.20. The molecule has 1 saturated carbocycles. The van der Waals surface area contributed by atoms with Crippen LogP contribution in [0.3, 0.4) is 0 Å². The molecule has 0 radical (unpaired) electrons. The van der Waals surface area contributed by atoms with E-state index >= 15 is 0 Å². The van der Waals surface area contributed by atoms with Crippen molar-refractivity contribution in [2.75, 3.05) is 13.6 Å². The number of amides is 1. The average Bonchev–Trinajstić information content (AvgIpc) is 3.20. The SMILES string of the molecule is CNCC(=O)NC(c1cccc(C(F)(F)F)c1)C1CC1. The molecule has 1 aromatic carbocycles. The smallest absolute Gasteiger partial charge is 0.348 e. The zero-order valence-corrected chi connectivity index (χ0v) is 11.1. The predicted octanol–water partition coefficient (Wildman–Crippen LogP) is 2.49. The van der Waals surface area contributed by atoms with Gasteiger partial charge in [0.15, 0.2) is 0 Å². The molecule has 1 fully saturated rings. The zero-order chi connectivity index (χ0) is 14.8. The molecule has 110 valence electrons. The standard InChI is InChI=1S/C14H17F3N2O/c1-18-8-12(20)19-13(9-5-6-9)10-3-2-4-11(7-10)14(15,16)17/h2-4,7,9,13,18H,5-6,8H2,1H3,(H,19,20). The Balaban J connectivity index is 2.19. The number of carbonyl (C=O) groups excluding carboxylic acids is 1. The summed E-state index contributed by atoms with van der Waals surface area (Å²) in [6.07, 6.45) is -2.50. The first-order valence-electron chi connectivity index (χ1n) is 6.53. The lowest BCUT2D eigenvalue weighted by Crippen LogP contribution is -2.36. The minimum Gasteiger partial charge on any atom is -0.348 e. The van der Waals surface area contributed by atoms with Crippen LogP contribution in [0, 0.1) is 5.92 Å². The summed E-state index contributed by atoms with van der Waals surface area (Å²) < 4.78 is 38.2. The van der Waals surface area contributed by atoms with Crippen LogP contribution in [0.25, 0.3) is 0 Å². The Labute approximate surface area is 115 Å². The molecule has 1 amide bonds. The third kappa shape index (κ3) is 3.72. The van der Waals surface area contributed by atoms with E-state index in [1.807, 2.05) is 0 Å². The van der Waals surface area contributed by atoms with E-state index < -0.39 is 11.7 Å². The van der Waals surface area contributed by atoms with Crippen LogP contribution in [0.2, 0.25) is 0 Å². The molecule has 1 atom stereocenters. The molecule has 2 rings (SSSR count). The summed E-state index contributed by atoms with van der Waals surface area (Å²) in [5, 5.41) is 5.53. The Kier molecular flexibility index (Phi) is 4.32. The van der Waals surface area contributed by atoms with Gasteiger partial charge < -0.3 is 10.6 Å². The summed E-state index contributed by atoms with van der Waals surface area (Å²) in [4.78, 5) is 11.6. The van der Waals surface area contributed by atoms with Gasteiger partial charge in [-0.05, 0) is 43.5 Å². The minimum absolute atomic E-state index is 0.155. The summed E-state index contributed by atoms with van der Waals surface area (Å²) in [6, 6.07) is 4.86. The van der Waals surface area contributed by atoms with Gasteiger partial charge in [0.05, 0.1) is 18.2 Å². The van der Waals surface area contributed by atoms with Gasteiger partial charge in [-0.3, -0.25) is 4.79 Å². The quantitative estimate of drug-likeness (QED) is 0.873. The third-order valence-corrected chi connectivity index (χ3v) is 3.32. The molecule has 1 aliphatic carbocycles. The van der Waals surface area contributed by atoms with E-state index in [-0.39, 0.29) is 24.4 Å². The molecule has 2 N–H and O–H groups in total. The largest absolute Gasteiger partial charge is 0.416 e. The highest BCUT2D eigenvalue weighted by Gasteiger charge is 2.35. The van der Waals surface area contributed by atoms with Gasteiger partial charge in [0.1, 0.15) is 0 Å². The second-order valence-corrected chi connectivity index (χ2v) is 5.04. The molecule has 20 heavy (non-hydrogen) atoms. The number of hydrogen-bond acceptors (Lipinski definition) is 2.